The lowest BCUT2D eigenvalue weighted by Crippen LogP contribution is -2.13. The summed E-state index contributed by atoms with van der Waals surface area (Å²) in [5, 5.41) is 13.7. The summed E-state index contributed by atoms with van der Waals surface area (Å²) in [5.74, 6) is 1.00. The average molecular weight is 357 g/mol. The van der Waals surface area contributed by atoms with Gasteiger partial charge in [-0.2, -0.15) is 0 Å². The first-order valence-corrected chi connectivity index (χ1v) is 9.87. The van der Waals surface area contributed by atoms with Crippen LogP contribution in [0.15, 0.2) is 34.1 Å². The lowest BCUT2D eigenvalue weighted by Gasteiger charge is -2.23. The van der Waals surface area contributed by atoms with E-state index in [9.17, 15) is 9.90 Å². The number of phenols is 1. The normalized spacial score (nSPS) is 21.5. The molecule has 0 unspecified atom stereocenters. The minimum absolute atomic E-state index is 0.0589. The number of aromatic hydroxyl groups is 1. The van der Waals surface area contributed by atoms with E-state index in [0.29, 0.717) is 11.6 Å². The van der Waals surface area contributed by atoms with Crippen LogP contribution in [-0.4, -0.2) is 19.9 Å². The fourth-order valence-electron chi connectivity index (χ4n) is 3.91. The molecule has 4 rings (SSSR count). The Morgan fingerprint density at radius 1 is 1.24 bits per heavy atom. The number of rotatable bonds is 2. The molecule has 0 radical (unpaired) electrons. The van der Waals surface area contributed by atoms with E-state index in [-0.39, 0.29) is 16.6 Å². The highest BCUT2D eigenvalue weighted by Gasteiger charge is 2.32. The maximum atomic E-state index is 12.8. The predicted molar refractivity (Wildman–Crippen MR) is 102 cm³/mol. The standard InChI is InChI=1S/C19H23N3O2S/c1-12-20-18-16(17(25-12)13-7-6-10-15(23)11-13)19(24)21-22(18)14-8-4-2-3-5-9-14/h6-7,10-11,14,17,23H,2-5,8-9H2,1H3,(H,21,24)/t17-/m1/s1. The molecule has 0 bridgehead atoms. The number of benzene rings is 1. The van der Waals surface area contributed by atoms with Gasteiger partial charge in [-0.15, -0.1) is 0 Å². The molecule has 25 heavy (non-hydrogen) atoms. The molecule has 1 fully saturated rings. The third-order valence-corrected chi connectivity index (χ3v) is 6.29. The van der Waals surface area contributed by atoms with Crippen molar-refractivity contribution in [3.8, 4) is 5.75 Å². The van der Waals surface area contributed by atoms with Crippen molar-refractivity contribution in [1.82, 2.24) is 9.78 Å². The van der Waals surface area contributed by atoms with Crippen molar-refractivity contribution in [2.75, 3.05) is 0 Å². The Morgan fingerprint density at radius 2 is 2.00 bits per heavy atom. The van der Waals surface area contributed by atoms with Gasteiger partial charge in [0.15, 0.2) is 5.82 Å². The molecular formula is C19H23N3O2S. The van der Waals surface area contributed by atoms with E-state index in [0.717, 1.165) is 29.3 Å². The number of nitrogens with zero attached hydrogens (tertiary/aromatic N) is 2. The fraction of sp³-hybridized carbons (Fsp3) is 0.474. The number of H-pyrrole nitrogens is 1. The zero-order chi connectivity index (χ0) is 17.4. The monoisotopic (exact) mass is 357 g/mol. The number of phenolic OH excluding ortho intramolecular Hbond substituents is 1. The molecule has 1 saturated carbocycles. The lowest BCUT2D eigenvalue weighted by molar-refractivity contribution is 0.407. The molecule has 1 aliphatic heterocycles. The second-order valence-corrected chi connectivity index (χ2v) is 8.22. The minimum atomic E-state index is -0.129. The van der Waals surface area contributed by atoms with Crippen LogP contribution in [0.5, 0.6) is 5.75 Å². The number of aromatic nitrogens is 2. The van der Waals surface area contributed by atoms with Crippen LogP contribution in [-0.2, 0) is 0 Å². The van der Waals surface area contributed by atoms with Crippen LogP contribution < -0.4 is 5.56 Å². The summed E-state index contributed by atoms with van der Waals surface area (Å²) >= 11 is 1.57. The van der Waals surface area contributed by atoms with Gasteiger partial charge >= 0.3 is 0 Å². The van der Waals surface area contributed by atoms with Crippen molar-refractivity contribution >= 4 is 22.6 Å². The largest absolute Gasteiger partial charge is 0.508 e. The maximum Gasteiger partial charge on any atom is 0.271 e. The highest BCUT2D eigenvalue weighted by molar-refractivity contribution is 8.14. The summed E-state index contributed by atoms with van der Waals surface area (Å²) in [5.41, 5.74) is 1.59. The molecule has 1 aliphatic carbocycles. The second-order valence-electron chi connectivity index (χ2n) is 6.92. The SMILES string of the molecule is CC1=Nc2c(c(=O)[nH]n2C2CCCCCC2)[C@@H](c2cccc(O)c2)S1. The van der Waals surface area contributed by atoms with E-state index in [1.165, 1.54) is 25.7 Å². The molecule has 0 spiro atoms. The first-order valence-electron chi connectivity index (χ1n) is 8.99. The summed E-state index contributed by atoms with van der Waals surface area (Å²) in [6.07, 6.45) is 7.13. The van der Waals surface area contributed by atoms with Gasteiger partial charge in [0.1, 0.15) is 5.75 Å². The first-order chi connectivity index (χ1) is 12.1. The van der Waals surface area contributed by atoms with Crippen LogP contribution in [0.3, 0.4) is 0 Å². The molecule has 2 aromatic rings. The minimum Gasteiger partial charge on any atom is -0.508 e. The number of aliphatic imine (C=N–C) groups is 1. The van der Waals surface area contributed by atoms with Gasteiger partial charge < -0.3 is 5.11 Å². The molecule has 0 saturated heterocycles. The van der Waals surface area contributed by atoms with Gasteiger partial charge in [-0.1, -0.05) is 49.6 Å². The van der Waals surface area contributed by atoms with E-state index in [4.69, 9.17) is 4.99 Å². The van der Waals surface area contributed by atoms with Gasteiger partial charge in [-0.05, 0) is 37.5 Å². The Bertz CT molecular complexity index is 860. The number of aromatic amines is 1. The molecule has 2 heterocycles. The number of fused-ring (bicyclic) bond motifs is 1. The van der Waals surface area contributed by atoms with E-state index in [1.807, 2.05) is 23.7 Å². The molecule has 2 aliphatic rings. The molecule has 132 valence electrons. The molecular weight excluding hydrogens is 334 g/mol. The molecule has 5 nitrogen and oxygen atoms in total. The molecule has 1 aromatic heterocycles. The van der Waals surface area contributed by atoms with Crippen molar-refractivity contribution in [3.63, 3.8) is 0 Å². The summed E-state index contributed by atoms with van der Waals surface area (Å²) in [6.45, 7) is 1.98. The van der Waals surface area contributed by atoms with Crippen molar-refractivity contribution in [1.29, 1.82) is 0 Å². The summed E-state index contributed by atoms with van der Waals surface area (Å²) in [6, 6.07) is 7.50. The van der Waals surface area contributed by atoms with Crippen molar-refractivity contribution in [2.24, 2.45) is 4.99 Å². The van der Waals surface area contributed by atoms with Gasteiger partial charge in [0.05, 0.1) is 21.9 Å². The van der Waals surface area contributed by atoms with E-state index >= 15 is 0 Å². The first kappa shape index (κ1) is 16.5. The van der Waals surface area contributed by atoms with E-state index in [2.05, 4.69) is 5.10 Å². The predicted octanol–water partition coefficient (Wildman–Crippen LogP) is 4.66. The molecule has 1 atom stereocenters. The Morgan fingerprint density at radius 3 is 2.72 bits per heavy atom. The fourth-order valence-corrected chi connectivity index (χ4v) is 5.01. The third-order valence-electron chi connectivity index (χ3n) is 5.11. The molecule has 0 amide bonds. The zero-order valence-corrected chi connectivity index (χ0v) is 15.2. The number of hydrogen-bond donors (Lipinski definition) is 2. The Kier molecular flexibility index (Phi) is 4.46. The zero-order valence-electron chi connectivity index (χ0n) is 14.4. The topological polar surface area (TPSA) is 70.4 Å². The van der Waals surface area contributed by atoms with Gasteiger partial charge in [0.25, 0.3) is 5.56 Å². The number of hydrogen-bond acceptors (Lipinski definition) is 4. The van der Waals surface area contributed by atoms with Crippen LogP contribution in [0.2, 0.25) is 0 Å². The lowest BCUT2D eigenvalue weighted by atomic mass is 10.1. The molecule has 1 aromatic carbocycles. The van der Waals surface area contributed by atoms with Crippen molar-refractivity contribution in [2.45, 2.75) is 56.7 Å². The van der Waals surface area contributed by atoms with Crippen LogP contribution in [0.4, 0.5) is 5.82 Å². The van der Waals surface area contributed by atoms with Crippen LogP contribution in [0, 0.1) is 0 Å². The van der Waals surface area contributed by atoms with Gasteiger partial charge in [-0.25, -0.2) is 4.99 Å². The Labute approximate surface area is 151 Å². The number of nitrogens with one attached hydrogen (secondary N) is 1. The smallest absolute Gasteiger partial charge is 0.271 e. The molecule has 2 N–H and O–H groups in total. The second kappa shape index (κ2) is 6.75. The average Bonchev–Trinajstić information content (AvgIpc) is 2.78. The summed E-state index contributed by atoms with van der Waals surface area (Å²) in [7, 11) is 0. The van der Waals surface area contributed by atoms with Crippen molar-refractivity contribution < 1.29 is 5.11 Å². The van der Waals surface area contributed by atoms with Crippen LogP contribution >= 0.6 is 11.8 Å². The summed E-state index contributed by atoms with van der Waals surface area (Å²) < 4.78 is 2.02. The molecule has 6 heteroatoms. The van der Waals surface area contributed by atoms with Crippen LogP contribution in [0.1, 0.15) is 67.9 Å². The third kappa shape index (κ3) is 3.15. The van der Waals surface area contributed by atoms with E-state index < -0.39 is 0 Å². The van der Waals surface area contributed by atoms with Crippen LogP contribution in [0.25, 0.3) is 0 Å². The van der Waals surface area contributed by atoms with E-state index in [1.54, 1.807) is 23.9 Å². The Balaban J connectivity index is 1.80. The highest BCUT2D eigenvalue weighted by atomic mass is 32.2. The van der Waals surface area contributed by atoms with Gasteiger partial charge in [0, 0.05) is 0 Å². The quantitative estimate of drug-likeness (QED) is 0.768. The van der Waals surface area contributed by atoms with Gasteiger partial charge in [-0.3, -0.25) is 14.6 Å². The highest BCUT2D eigenvalue weighted by Crippen LogP contribution is 2.45. The maximum absolute atomic E-state index is 12.8. The Hall–Kier alpha value is -1.95. The van der Waals surface area contributed by atoms with Gasteiger partial charge in [0.2, 0.25) is 0 Å². The summed E-state index contributed by atoms with van der Waals surface area (Å²) in [4.78, 5) is 17.5. The number of thioether (sulfide) groups is 1. The van der Waals surface area contributed by atoms with Crippen molar-refractivity contribution in [3.05, 3.63) is 45.7 Å².